The van der Waals surface area contributed by atoms with Crippen LogP contribution >= 0.6 is 0 Å². The van der Waals surface area contributed by atoms with E-state index in [9.17, 15) is 0 Å². The maximum absolute atomic E-state index is 5.97. The highest BCUT2D eigenvalue weighted by atomic mass is 16.5. The molecular weight excluding hydrogens is 268 g/mol. The van der Waals surface area contributed by atoms with Crippen LogP contribution in [0.5, 0.6) is 0 Å². The van der Waals surface area contributed by atoms with Crippen LogP contribution in [0.2, 0.25) is 0 Å². The van der Waals surface area contributed by atoms with Gasteiger partial charge in [-0.1, -0.05) is 19.0 Å². The minimum atomic E-state index is 0.0173. The maximum atomic E-state index is 5.97. The fraction of sp³-hybridized carbons (Fsp3) is 0.875. The summed E-state index contributed by atoms with van der Waals surface area (Å²) >= 11 is 0. The topological polar surface area (TPSA) is 57.4 Å². The number of hydrogen-bond donors (Lipinski definition) is 0. The first-order valence-electron chi connectivity index (χ1n) is 7.97. The van der Waals surface area contributed by atoms with Gasteiger partial charge in [-0.15, -0.1) is 0 Å². The lowest BCUT2D eigenvalue weighted by atomic mass is 9.72. The summed E-state index contributed by atoms with van der Waals surface area (Å²) in [5.74, 6) is 1.98. The molecule has 1 saturated carbocycles. The van der Waals surface area contributed by atoms with E-state index in [0.29, 0.717) is 12.5 Å². The molecule has 2 heterocycles. The van der Waals surface area contributed by atoms with Crippen LogP contribution in [0.1, 0.15) is 63.6 Å². The summed E-state index contributed by atoms with van der Waals surface area (Å²) in [4.78, 5) is 4.64. The Kier molecular flexibility index (Phi) is 4.06. The fourth-order valence-corrected chi connectivity index (χ4v) is 3.52. The Morgan fingerprint density at radius 2 is 2.19 bits per heavy atom. The van der Waals surface area contributed by atoms with Crippen LogP contribution in [0, 0.1) is 5.41 Å². The highest BCUT2D eigenvalue weighted by Crippen LogP contribution is 2.46. The Balaban J connectivity index is 1.64. The molecule has 1 aromatic heterocycles. The summed E-state index contributed by atoms with van der Waals surface area (Å²) in [6.07, 6.45) is 6.47. The first-order valence-corrected chi connectivity index (χ1v) is 7.97. The summed E-state index contributed by atoms with van der Waals surface area (Å²) < 4.78 is 16.7. The van der Waals surface area contributed by atoms with Crippen molar-refractivity contribution in [3.05, 3.63) is 11.7 Å². The number of aromatic nitrogens is 2. The summed E-state index contributed by atoms with van der Waals surface area (Å²) in [5.41, 5.74) is 0.141. The van der Waals surface area contributed by atoms with E-state index in [0.717, 1.165) is 37.6 Å². The quantitative estimate of drug-likeness (QED) is 0.835. The normalized spacial score (nSPS) is 25.0. The first kappa shape index (κ1) is 15.0. The molecule has 21 heavy (non-hydrogen) atoms. The van der Waals surface area contributed by atoms with Crippen molar-refractivity contribution in [1.29, 1.82) is 0 Å². The predicted molar refractivity (Wildman–Crippen MR) is 78.2 cm³/mol. The van der Waals surface area contributed by atoms with Gasteiger partial charge in [0.25, 0.3) is 0 Å². The minimum absolute atomic E-state index is 0.0173. The number of rotatable bonds is 5. The highest BCUT2D eigenvalue weighted by molar-refractivity contribution is 5.05. The van der Waals surface area contributed by atoms with E-state index in [-0.39, 0.29) is 11.0 Å². The van der Waals surface area contributed by atoms with E-state index >= 15 is 0 Å². The van der Waals surface area contributed by atoms with Crippen LogP contribution in [0.15, 0.2) is 4.52 Å². The van der Waals surface area contributed by atoms with Crippen LogP contribution in [-0.2, 0) is 15.9 Å². The van der Waals surface area contributed by atoms with E-state index in [1.807, 2.05) is 0 Å². The zero-order valence-corrected chi connectivity index (χ0v) is 13.4. The average Bonchev–Trinajstić information content (AvgIpc) is 2.84. The van der Waals surface area contributed by atoms with E-state index in [1.165, 1.54) is 19.3 Å². The molecule has 3 rings (SSSR count). The van der Waals surface area contributed by atoms with Crippen molar-refractivity contribution in [3.8, 4) is 0 Å². The molecule has 0 N–H and O–H groups in total. The second-order valence-corrected chi connectivity index (χ2v) is 7.40. The van der Waals surface area contributed by atoms with E-state index < -0.39 is 0 Å². The highest BCUT2D eigenvalue weighted by Gasteiger charge is 2.44. The van der Waals surface area contributed by atoms with Crippen LogP contribution < -0.4 is 0 Å². The van der Waals surface area contributed by atoms with Gasteiger partial charge in [-0.3, -0.25) is 0 Å². The van der Waals surface area contributed by atoms with Crippen molar-refractivity contribution in [1.82, 2.24) is 10.1 Å². The summed E-state index contributed by atoms with van der Waals surface area (Å²) in [5, 5.41) is 4.23. The summed E-state index contributed by atoms with van der Waals surface area (Å²) in [6, 6.07) is 0. The van der Waals surface area contributed by atoms with Crippen molar-refractivity contribution in [3.63, 3.8) is 0 Å². The zero-order chi connectivity index (χ0) is 14.9. The molecule has 1 saturated heterocycles. The number of hydrogen-bond acceptors (Lipinski definition) is 5. The third-order valence-corrected chi connectivity index (χ3v) is 4.77. The molecule has 1 spiro atoms. The number of nitrogens with zero attached hydrogens (tertiary/aromatic N) is 2. The molecule has 5 heteroatoms. The van der Waals surface area contributed by atoms with Crippen molar-refractivity contribution in [2.75, 3.05) is 20.3 Å². The van der Waals surface area contributed by atoms with E-state index in [1.54, 1.807) is 7.11 Å². The van der Waals surface area contributed by atoms with Gasteiger partial charge in [0.05, 0.1) is 12.2 Å². The second kappa shape index (κ2) is 5.69. The van der Waals surface area contributed by atoms with Crippen LogP contribution in [0.25, 0.3) is 0 Å². The van der Waals surface area contributed by atoms with Gasteiger partial charge in [-0.05, 0) is 37.5 Å². The summed E-state index contributed by atoms with van der Waals surface area (Å²) in [7, 11) is 1.72. The Morgan fingerprint density at radius 3 is 2.86 bits per heavy atom. The SMILES string of the molecule is COCC(C)(C)Cc1nc(C2CCOC3(CCC3)C2)no1. The molecule has 2 aliphatic rings. The third-order valence-electron chi connectivity index (χ3n) is 4.77. The molecular formula is C16H26N2O3. The number of ether oxygens (including phenoxy) is 2. The van der Waals surface area contributed by atoms with Gasteiger partial charge >= 0.3 is 0 Å². The molecule has 2 fully saturated rings. The van der Waals surface area contributed by atoms with Crippen molar-refractivity contribution >= 4 is 0 Å². The van der Waals surface area contributed by atoms with Crippen LogP contribution in [0.3, 0.4) is 0 Å². The van der Waals surface area contributed by atoms with Gasteiger partial charge in [-0.25, -0.2) is 0 Å². The Labute approximate surface area is 126 Å². The standard InChI is InChI=1S/C16H26N2O3/c1-15(2,11-19-3)10-13-17-14(18-21-13)12-5-8-20-16(9-12)6-4-7-16/h12H,4-11H2,1-3H3. The molecule has 0 radical (unpaired) electrons. The van der Waals surface area contributed by atoms with Crippen molar-refractivity contribution in [2.24, 2.45) is 5.41 Å². The molecule has 118 valence electrons. The third kappa shape index (κ3) is 3.29. The molecule has 1 aromatic rings. The molecule has 1 aliphatic carbocycles. The van der Waals surface area contributed by atoms with Gasteiger partial charge in [-0.2, -0.15) is 4.98 Å². The van der Waals surface area contributed by atoms with E-state index in [2.05, 4.69) is 24.0 Å². The van der Waals surface area contributed by atoms with Crippen LogP contribution in [0.4, 0.5) is 0 Å². The van der Waals surface area contributed by atoms with Gasteiger partial charge in [0.1, 0.15) is 0 Å². The van der Waals surface area contributed by atoms with Crippen molar-refractivity contribution < 1.29 is 14.0 Å². The van der Waals surface area contributed by atoms with Gasteiger partial charge in [0, 0.05) is 26.1 Å². The molecule has 0 aromatic carbocycles. The average molecular weight is 294 g/mol. The lowest BCUT2D eigenvalue weighted by Gasteiger charge is -2.46. The Hall–Kier alpha value is -0.940. The minimum Gasteiger partial charge on any atom is -0.384 e. The van der Waals surface area contributed by atoms with E-state index in [4.69, 9.17) is 14.0 Å². The molecule has 1 atom stereocenters. The lowest BCUT2D eigenvalue weighted by molar-refractivity contribution is -0.134. The lowest BCUT2D eigenvalue weighted by Crippen LogP contribution is -2.45. The first-order chi connectivity index (χ1) is 10.0. The van der Waals surface area contributed by atoms with Gasteiger partial charge in [0.2, 0.25) is 5.89 Å². The second-order valence-electron chi connectivity index (χ2n) is 7.40. The smallest absolute Gasteiger partial charge is 0.227 e. The monoisotopic (exact) mass is 294 g/mol. The van der Waals surface area contributed by atoms with Crippen molar-refractivity contribution in [2.45, 2.75) is 63.9 Å². The molecule has 0 bridgehead atoms. The Bertz CT molecular complexity index is 480. The Morgan fingerprint density at radius 1 is 1.38 bits per heavy atom. The fourth-order valence-electron chi connectivity index (χ4n) is 3.52. The van der Waals surface area contributed by atoms with Gasteiger partial charge in [0.15, 0.2) is 5.82 Å². The molecule has 0 amide bonds. The maximum Gasteiger partial charge on any atom is 0.227 e. The molecule has 1 aliphatic heterocycles. The molecule has 1 unspecified atom stereocenters. The zero-order valence-electron chi connectivity index (χ0n) is 13.4. The summed E-state index contributed by atoms with van der Waals surface area (Å²) in [6.45, 7) is 5.81. The number of methoxy groups -OCH3 is 1. The van der Waals surface area contributed by atoms with Crippen LogP contribution in [-0.4, -0.2) is 36.1 Å². The predicted octanol–water partition coefficient (Wildman–Crippen LogP) is 3.10. The molecule has 5 nitrogen and oxygen atoms in total. The largest absolute Gasteiger partial charge is 0.384 e. The van der Waals surface area contributed by atoms with Gasteiger partial charge < -0.3 is 14.0 Å².